The summed E-state index contributed by atoms with van der Waals surface area (Å²) in [5.74, 6) is 0.894. The molecule has 2 aromatic heterocycles. The molecule has 0 bridgehead atoms. The van der Waals surface area contributed by atoms with Gasteiger partial charge in [0.25, 0.3) is 5.91 Å². The second-order valence-corrected chi connectivity index (χ2v) is 7.45. The molecule has 1 aliphatic rings. The Hall–Kier alpha value is -3.14. The van der Waals surface area contributed by atoms with Gasteiger partial charge in [-0.25, -0.2) is 9.97 Å². The first-order valence-corrected chi connectivity index (χ1v) is 9.88. The molecule has 0 radical (unpaired) electrons. The van der Waals surface area contributed by atoms with Crippen LogP contribution in [0.2, 0.25) is 0 Å². The summed E-state index contributed by atoms with van der Waals surface area (Å²) in [6, 6.07) is 6.64. The van der Waals surface area contributed by atoms with Gasteiger partial charge in [0, 0.05) is 19.0 Å². The van der Waals surface area contributed by atoms with Gasteiger partial charge in [0.05, 0.1) is 23.8 Å². The van der Waals surface area contributed by atoms with Crippen LogP contribution in [0.5, 0.6) is 5.75 Å². The number of nitrogens with one attached hydrogen (secondary N) is 2. The third kappa shape index (κ3) is 4.20. The van der Waals surface area contributed by atoms with Crippen molar-refractivity contribution in [3.05, 3.63) is 47.5 Å². The number of carbonyl (C=O) groups is 1. The Morgan fingerprint density at radius 2 is 1.97 bits per heavy atom. The molecule has 3 heterocycles. The zero-order valence-corrected chi connectivity index (χ0v) is 17.1. The van der Waals surface area contributed by atoms with Gasteiger partial charge in [-0.1, -0.05) is 6.07 Å². The number of benzene rings is 1. The predicted octanol–water partition coefficient (Wildman–Crippen LogP) is 3.72. The summed E-state index contributed by atoms with van der Waals surface area (Å²) in [6.07, 6.45) is -2.66. The van der Waals surface area contributed by atoms with E-state index in [0.717, 1.165) is 54.9 Å². The number of imidazole rings is 1. The molecule has 0 atom stereocenters. The predicted molar refractivity (Wildman–Crippen MR) is 109 cm³/mol. The van der Waals surface area contributed by atoms with Gasteiger partial charge in [-0.15, -0.1) is 0 Å². The van der Waals surface area contributed by atoms with Crippen LogP contribution >= 0.6 is 0 Å². The molecule has 10 heteroatoms. The van der Waals surface area contributed by atoms with Crippen LogP contribution in [0.3, 0.4) is 0 Å². The van der Waals surface area contributed by atoms with Crippen LogP contribution in [0.1, 0.15) is 40.8 Å². The molecule has 1 aliphatic heterocycles. The zero-order chi connectivity index (χ0) is 22.2. The quantitative estimate of drug-likeness (QED) is 0.656. The minimum absolute atomic E-state index is 0.331. The summed E-state index contributed by atoms with van der Waals surface area (Å²) in [7, 11) is 3.37. The number of alkyl halides is 3. The molecule has 0 aliphatic carbocycles. The first-order valence-electron chi connectivity index (χ1n) is 9.88. The van der Waals surface area contributed by atoms with Crippen molar-refractivity contribution in [2.24, 2.45) is 7.05 Å². The smallest absolute Gasteiger partial charge is 0.433 e. The standard InChI is InChI=1S/C21H22F3N5O2/c1-29-16-10-15(28-20(30)13-4-3-5-18(26-13)21(22,23)24)17(31-2)11-14(16)27-19(29)12-6-8-25-9-7-12/h3-5,10-12,25H,6-9H2,1-2H3,(H,28,30). The molecule has 31 heavy (non-hydrogen) atoms. The van der Waals surface area contributed by atoms with Crippen molar-refractivity contribution in [1.29, 1.82) is 0 Å². The van der Waals surface area contributed by atoms with Gasteiger partial charge in [0.2, 0.25) is 0 Å². The van der Waals surface area contributed by atoms with E-state index in [9.17, 15) is 18.0 Å². The molecule has 3 aromatic rings. The lowest BCUT2D eigenvalue weighted by Crippen LogP contribution is -2.27. The van der Waals surface area contributed by atoms with Crippen molar-refractivity contribution in [1.82, 2.24) is 19.9 Å². The van der Waals surface area contributed by atoms with E-state index >= 15 is 0 Å². The van der Waals surface area contributed by atoms with Gasteiger partial charge in [0.1, 0.15) is 23.0 Å². The highest BCUT2D eigenvalue weighted by Crippen LogP contribution is 2.34. The Morgan fingerprint density at radius 3 is 2.65 bits per heavy atom. The van der Waals surface area contributed by atoms with E-state index in [-0.39, 0.29) is 5.69 Å². The Labute approximate surface area is 176 Å². The number of anilines is 1. The van der Waals surface area contributed by atoms with Gasteiger partial charge >= 0.3 is 6.18 Å². The fraction of sp³-hybridized carbons (Fsp3) is 0.381. The summed E-state index contributed by atoms with van der Waals surface area (Å²) in [4.78, 5) is 20.8. The molecule has 0 spiro atoms. The number of rotatable bonds is 4. The summed E-state index contributed by atoms with van der Waals surface area (Å²) in [5.41, 5.74) is 0.391. The van der Waals surface area contributed by atoms with Crippen molar-refractivity contribution < 1.29 is 22.7 Å². The van der Waals surface area contributed by atoms with E-state index in [1.807, 2.05) is 11.6 Å². The fourth-order valence-electron chi connectivity index (χ4n) is 3.85. The number of fused-ring (bicyclic) bond motifs is 1. The third-order valence-electron chi connectivity index (χ3n) is 5.46. The molecule has 4 rings (SSSR count). The van der Waals surface area contributed by atoms with Crippen LogP contribution in [-0.2, 0) is 13.2 Å². The summed E-state index contributed by atoms with van der Waals surface area (Å²) in [6.45, 7) is 1.87. The molecule has 1 saturated heterocycles. The van der Waals surface area contributed by atoms with Crippen LogP contribution in [0.4, 0.5) is 18.9 Å². The number of aromatic nitrogens is 3. The molecule has 0 saturated carbocycles. The van der Waals surface area contributed by atoms with Crippen LogP contribution in [0.15, 0.2) is 30.3 Å². The third-order valence-corrected chi connectivity index (χ3v) is 5.46. The number of methoxy groups -OCH3 is 1. The Bertz CT molecular complexity index is 1120. The first kappa shape index (κ1) is 21.1. The van der Waals surface area contributed by atoms with Crippen molar-refractivity contribution in [3.63, 3.8) is 0 Å². The van der Waals surface area contributed by atoms with E-state index < -0.39 is 17.8 Å². The van der Waals surface area contributed by atoms with E-state index in [4.69, 9.17) is 9.72 Å². The number of hydrogen-bond donors (Lipinski definition) is 2. The van der Waals surface area contributed by atoms with E-state index in [1.54, 1.807) is 12.1 Å². The van der Waals surface area contributed by atoms with E-state index in [2.05, 4.69) is 15.6 Å². The lowest BCUT2D eigenvalue weighted by atomic mass is 9.97. The van der Waals surface area contributed by atoms with Crippen molar-refractivity contribution in [2.45, 2.75) is 24.9 Å². The monoisotopic (exact) mass is 433 g/mol. The van der Waals surface area contributed by atoms with E-state index in [1.165, 1.54) is 13.2 Å². The molecule has 164 valence electrons. The Kier molecular flexibility index (Phi) is 5.57. The SMILES string of the molecule is COc1cc2nc(C3CCNCC3)n(C)c2cc1NC(=O)c1cccc(C(F)(F)F)n1. The average Bonchev–Trinajstić information content (AvgIpc) is 3.09. The van der Waals surface area contributed by atoms with Crippen LogP contribution in [-0.4, -0.2) is 40.6 Å². The number of halogens is 3. The van der Waals surface area contributed by atoms with Crippen molar-refractivity contribution in [3.8, 4) is 5.75 Å². The van der Waals surface area contributed by atoms with Gasteiger partial charge < -0.3 is 19.9 Å². The number of hydrogen-bond acceptors (Lipinski definition) is 5. The van der Waals surface area contributed by atoms with Crippen molar-refractivity contribution in [2.75, 3.05) is 25.5 Å². The lowest BCUT2D eigenvalue weighted by molar-refractivity contribution is -0.141. The zero-order valence-electron chi connectivity index (χ0n) is 17.1. The highest BCUT2D eigenvalue weighted by molar-refractivity contribution is 6.04. The fourth-order valence-corrected chi connectivity index (χ4v) is 3.85. The minimum atomic E-state index is -4.63. The molecular formula is C21H22F3N5O2. The van der Waals surface area contributed by atoms with Gasteiger partial charge in [-0.05, 0) is 44.1 Å². The molecule has 0 unspecified atom stereocenters. The number of aryl methyl sites for hydroxylation is 1. The number of amides is 1. The molecule has 1 amide bonds. The summed E-state index contributed by atoms with van der Waals surface area (Å²) in [5, 5.41) is 5.95. The largest absolute Gasteiger partial charge is 0.494 e. The van der Waals surface area contributed by atoms with E-state index in [0.29, 0.717) is 17.4 Å². The molecule has 1 fully saturated rings. The van der Waals surface area contributed by atoms with Crippen LogP contribution in [0, 0.1) is 0 Å². The molecule has 1 aromatic carbocycles. The second kappa shape index (κ2) is 8.18. The second-order valence-electron chi connectivity index (χ2n) is 7.45. The molecule has 2 N–H and O–H groups in total. The summed E-state index contributed by atoms with van der Waals surface area (Å²) < 4.78 is 46.1. The number of ether oxygens (including phenoxy) is 1. The van der Waals surface area contributed by atoms with Crippen LogP contribution < -0.4 is 15.4 Å². The number of piperidine rings is 1. The average molecular weight is 433 g/mol. The van der Waals surface area contributed by atoms with Gasteiger partial charge in [-0.3, -0.25) is 4.79 Å². The first-order chi connectivity index (χ1) is 14.8. The van der Waals surface area contributed by atoms with Crippen molar-refractivity contribution >= 4 is 22.6 Å². The maximum Gasteiger partial charge on any atom is 0.433 e. The van der Waals surface area contributed by atoms with Crippen LogP contribution in [0.25, 0.3) is 11.0 Å². The number of carbonyl (C=O) groups excluding carboxylic acids is 1. The topological polar surface area (TPSA) is 81.1 Å². The highest BCUT2D eigenvalue weighted by Gasteiger charge is 2.33. The maximum atomic E-state index is 12.9. The number of nitrogens with zero attached hydrogens (tertiary/aromatic N) is 3. The maximum absolute atomic E-state index is 12.9. The molecular weight excluding hydrogens is 411 g/mol. The van der Waals surface area contributed by atoms with Gasteiger partial charge in [0.15, 0.2) is 0 Å². The normalized spacial score (nSPS) is 15.3. The Balaban J connectivity index is 1.67. The number of pyridine rings is 1. The summed E-state index contributed by atoms with van der Waals surface area (Å²) >= 11 is 0. The minimum Gasteiger partial charge on any atom is -0.494 e. The van der Waals surface area contributed by atoms with Gasteiger partial charge in [-0.2, -0.15) is 13.2 Å². The lowest BCUT2D eigenvalue weighted by Gasteiger charge is -2.22. The highest BCUT2D eigenvalue weighted by atomic mass is 19.4. The molecule has 7 nitrogen and oxygen atoms in total. The Morgan fingerprint density at radius 1 is 1.23 bits per heavy atom.